The topological polar surface area (TPSA) is 76.4 Å². The molecular weight excluding hydrogens is 416 g/mol. The SMILES string of the molecule is Cc1cccc(C)c1OC[C@@H](O)CNc1cnn(-c2ccc(F)cc2F)c(=O)c1Cl. The second-order valence-electron chi connectivity index (χ2n) is 6.75. The molecule has 1 atom stereocenters. The zero-order chi connectivity index (χ0) is 21.8. The lowest BCUT2D eigenvalue weighted by Crippen LogP contribution is -2.28. The third kappa shape index (κ3) is 4.77. The first-order valence-electron chi connectivity index (χ1n) is 9.12. The van der Waals surface area contributed by atoms with Crippen molar-refractivity contribution in [3.8, 4) is 11.4 Å². The molecule has 30 heavy (non-hydrogen) atoms. The number of hydrogen-bond donors (Lipinski definition) is 2. The highest BCUT2D eigenvalue weighted by atomic mass is 35.5. The summed E-state index contributed by atoms with van der Waals surface area (Å²) in [5.74, 6) is -1.01. The number of nitrogens with one attached hydrogen (secondary N) is 1. The highest BCUT2D eigenvalue weighted by Crippen LogP contribution is 2.23. The lowest BCUT2D eigenvalue weighted by Gasteiger charge is -2.17. The number of aliphatic hydroxyl groups excluding tert-OH is 1. The van der Waals surface area contributed by atoms with Crippen molar-refractivity contribution < 1.29 is 18.6 Å². The first-order valence-corrected chi connectivity index (χ1v) is 9.50. The number of aryl methyl sites for hydroxylation is 2. The first kappa shape index (κ1) is 21.7. The first-order chi connectivity index (χ1) is 14.3. The Morgan fingerprint density at radius 1 is 1.23 bits per heavy atom. The highest BCUT2D eigenvalue weighted by molar-refractivity contribution is 6.32. The van der Waals surface area contributed by atoms with Crippen LogP contribution in [0.4, 0.5) is 14.5 Å². The van der Waals surface area contributed by atoms with Crippen molar-refractivity contribution in [3.63, 3.8) is 0 Å². The van der Waals surface area contributed by atoms with Crippen LogP contribution >= 0.6 is 11.6 Å². The molecule has 0 fully saturated rings. The van der Waals surface area contributed by atoms with Gasteiger partial charge in [-0.3, -0.25) is 4.79 Å². The highest BCUT2D eigenvalue weighted by Gasteiger charge is 2.15. The summed E-state index contributed by atoms with van der Waals surface area (Å²) < 4.78 is 33.5. The van der Waals surface area contributed by atoms with Gasteiger partial charge in [-0.15, -0.1) is 0 Å². The van der Waals surface area contributed by atoms with Gasteiger partial charge in [0.1, 0.15) is 35.0 Å². The Labute approximate surface area is 176 Å². The van der Waals surface area contributed by atoms with Crippen molar-refractivity contribution in [2.24, 2.45) is 0 Å². The van der Waals surface area contributed by atoms with Crippen LogP contribution in [0.5, 0.6) is 5.75 Å². The van der Waals surface area contributed by atoms with E-state index < -0.39 is 23.3 Å². The summed E-state index contributed by atoms with van der Waals surface area (Å²) >= 11 is 6.08. The zero-order valence-corrected chi connectivity index (χ0v) is 17.1. The van der Waals surface area contributed by atoms with E-state index in [9.17, 15) is 18.7 Å². The molecule has 0 aliphatic rings. The Hall–Kier alpha value is -2.97. The summed E-state index contributed by atoms with van der Waals surface area (Å²) in [5.41, 5.74) is 1.08. The zero-order valence-electron chi connectivity index (χ0n) is 16.3. The van der Waals surface area contributed by atoms with E-state index >= 15 is 0 Å². The summed E-state index contributed by atoms with van der Waals surface area (Å²) in [5, 5.41) is 16.7. The smallest absolute Gasteiger partial charge is 0.292 e. The van der Waals surface area contributed by atoms with Gasteiger partial charge in [0, 0.05) is 12.6 Å². The number of aliphatic hydroxyl groups is 1. The number of rotatable bonds is 7. The maximum absolute atomic E-state index is 13.9. The summed E-state index contributed by atoms with van der Waals surface area (Å²) in [7, 11) is 0. The number of ether oxygens (including phenoxy) is 1. The number of anilines is 1. The molecule has 0 radical (unpaired) electrons. The Balaban J connectivity index is 1.67. The molecule has 0 bridgehead atoms. The molecule has 0 saturated carbocycles. The Kier molecular flexibility index (Phi) is 6.69. The van der Waals surface area contributed by atoms with Crippen LogP contribution in [0.1, 0.15) is 11.1 Å². The average Bonchev–Trinajstić information content (AvgIpc) is 2.69. The standard InChI is InChI=1S/C21H20ClF2N3O3/c1-12-4-3-5-13(2)20(12)30-11-15(28)9-25-17-10-26-27(21(29)19(17)22)18-7-6-14(23)8-16(18)24/h3-8,10,15,25,28H,9,11H2,1-2H3/t15-/m0/s1. The van der Waals surface area contributed by atoms with Crippen molar-refractivity contribution in [2.45, 2.75) is 20.0 Å². The molecule has 0 aliphatic carbocycles. The monoisotopic (exact) mass is 435 g/mol. The van der Waals surface area contributed by atoms with E-state index in [1.54, 1.807) is 0 Å². The predicted molar refractivity (Wildman–Crippen MR) is 111 cm³/mol. The van der Waals surface area contributed by atoms with Crippen molar-refractivity contribution in [2.75, 3.05) is 18.5 Å². The molecule has 1 heterocycles. The lowest BCUT2D eigenvalue weighted by atomic mass is 10.1. The third-order valence-electron chi connectivity index (χ3n) is 4.41. The maximum Gasteiger partial charge on any atom is 0.292 e. The van der Waals surface area contributed by atoms with Gasteiger partial charge in [-0.1, -0.05) is 29.8 Å². The fraction of sp³-hybridized carbons (Fsp3) is 0.238. The molecule has 2 N–H and O–H groups in total. The lowest BCUT2D eigenvalue weighted by molar-refractivity contribution is 0.117. The molecular formula is C21H20ClF2N3O3. The van der Waals surface area contributed by atoms with Crippen molar-refractivity contribution >= 4 is 17.3 Å². The Bertz CT molecular complexity index is 1100. The Morgan fingerprint density at radius 2 is 1.93 bits per heavy atom. The van der Waals surface area contributed by atoms with Gasteiger partial charge < -0.3 is 15.2 Å². The van der Waals surface area contributed by atoms with Crippen LogP contribution in [0.3, 0.4) is 0 Å². The maximum atomic E-state index is 13.9. The number of halogens is 3. The van der Waals surface area contributed by atoms with Crippen LogP contribution in [0.15, 0.2) is 47.4 Å². The van der Waals surface area contributed by atoms with Gasteiger partial charge in [0.05, 0.1) is 11.9 Å². The molecule has 9 heteroatoms. The van der Waals surface area contributed by atoms with Gasteiger partial charge in [-0.25, -0.2) is 8.78 Å². The van der Waals surface area contributed by atoms with E-state index in [1.807, 2.05) is 32.0 Å². The van der Waals surface area contributed by atoms with Crippen molar-refractivity contribution in [3.05, 3.63) is 80.7 Å². The molecule has 0 spiro atoms. The fourth-order valence-corrected chi connectivity index (χ4v) is 3.07. The van der Waals surface area contributed by atoms with Gasteiger partial charge in [0.15, 0.2) is 5.82 Å². The summed E-state index contributed by atoms with van der Waals surface area (Å²) in [6, 6.07) is 8.51. The second-order valence-corrected chi connectivity index (χ2v) is 7.13. The molecule has 158 valence electrons. The van der Waals surface area contributed by atoms with Gasteiger partial charge in [0.2, 0.25) is 0 Å². The molecule has 3 rings (SSSR count). The van der Waals surface area contributed by atoms with E-state index in [1.165, 1.54) is 6.20 Å². The number of nitrogens with zero attached hydrogens (tertiary/aromatic N) is 2. The van der Waals surface area contributed by atoms with Crippen LogP contribution in [-0.2, 0) is 0 Å². The third-order valence-corrected chi connectivity index (χ3v) is 4.78. The van der Waals surface area contributed by atoms with Crippen LogP contribution < -0.4 is 15.6 Å². The number of benzene rings is 2. The number of para-hydroxylation sites is 1. The minimum absolute atomic E-state index is 0.0294. The average molecular weight is 436 g/mol. The van der Waals surface area contributed by atoms with Crippen LogP contribution in [0.25, 0.3) is 5.69 Å². The number of hydrogen-bond acceptors (Lipinski definition) is 5. The molecule has 3 aromatic rings. The largest absolute Gasteiger partial charge is 0.490 e. The quantitative estimate of drug-likeness (QED) is 0.592. The Morgan fingerprint density at radius 3 is 2.60 bits per heavy atom. The minimum atomic E-state index is -0.944. The van der Waals surface area contributed by atoms with Crippen LogP contribution in [0.2, 0.25) is 5.02 Å². The van der Waals surface area contributed by atoms with Crippen molar-refractivity contribution in [1.29, 1.82) is 0 Å². The molecule has 6 nitrogen and oxygen atoms in total. The van der Waals surface area contributed by atoms with Crippen LogP contribution in [0, 0.1) is 25.5 Å². The molecule has 0 saturated heterocycles. The second kappa shape index (κ2) is 9.23. The van der Waals surface area contributed by atoms with E-state index in [0.717, 1.165) is 27.9 Å². The molecule has 0 aliphatic heterocycles. The van der Waals surface area contributed by atoms with Gasteiger partial charge in [-0.05, 0) is 37.1 Å². The fourth-order valence-electron chi connectivity index (χ4n) is 2.87. The summed E-state index contributed by atoms with van der Waals surface area (Å²) in [6.45, 7) is 3.90. The van der Waals surface area contributed by atoms with E-state index in [2.05, 4.69) is 10.4 Å². The van der Waals surface area contributed by atoms with Gasteiger partial charge in [-0.2, -0.15) is 9.78 Å². The summed E-state index contributed by atoms with van der Waals surface area (Å²) in [6.07, 6.45) is 0.336. The van der Waals surface area contributed by atoms with E-state index in [-0.39, 0.29) is 29.5 Å². The van der Waals surface area contributed by atoms with Crippen molar-refractivity contribution in [1.82, 2.24) is 9.78 Å². The summed E-state index contributed by atoms with van der Waals surface area (Å²) in [4.78, 5) is 12.4. The molecule has 1 aromatic heterocycles. The van der Waals surface area contributed by atoms with E-state index in [4.69, 9.17) is 16.3 Å². The van der Waals surface area contributed by atoms with E-state index in [0.29, 0.717) is 11.8 Å². The molecule has 0 amide bonds. The number of aromatic nitrogens is 2. The van der Waals surface area contributed by atoms with Gasteiger partial charge >= 0.3 is 0 Å². The van der Waals surface area contributed by atoms with Gasteiger partial charge in [0.25, 0.3) is 5.56 Å². The van der Waals surface area contributed by atoms with Crippen LogP contribution in [-0.4, -0.2) is 34.1 Å². The molecule has 0 unspecified atom stereocenters. The normalized spacial score (nSPS) is 11.9. The predicted octanol–water partition coefficient (Wildman–Crippen LogP) is 3.63. The molecule has 2 aromatic carbocycles. The minimum Gasteiger partial charge on any atom is -0.490 e.